The van der Waals surface area contributed by atoms with Crippen LogP contribution in [0, 0.1) is 0 Å². The minimum absolute atomic E-state index is 0.0669. The van der Waals surface area contributed by atoms with E-state index in [1.165, 1.54) is 0 Å². The van der Waals surface area contributed by atoms with E-state index in [9.17, 15) is 4.79 Å². The highest BCUT2D eigenvalue weighted by molar-refractivity contribution is 5.82. The molecule has 1 saturated heterocycles. The van der Waals surface area contributed by atoms with Gasteiger partial charge in [-0.1, -0.05) is 30.3 Å². The molecule has 2 rings (SSSR count). The summed E-state index contributed by atoms with van der Waals surface area (Å²) in [5.74, 6) is 0.0669. The molecule has 1 aliphatic heterocycles. The Hall–Kier alpha value is -1.39. The summed E-state index contributed by atoms with van der Waals surface area (Å²) in [6, 6.07) is 9.70. The molecule has 0 aliphatic carbocycles. The SMILES string of the molecule is COC(C(=O)N1CCN(C(C)(C)C)CC1)c1ccccc1. The number of ether oxygens (including phenoxy) is 1. The highest BCUT2D eigenvalue weighted by Gasteiger charge is 2.31. The van der Waals surface area contributed by atoms with Crippen LogP contribution in [0.4, 0.5) is 0 Å². The van der Waals surface area contributed by atoms with Crippen molar-refractivity contribution in [2.45, 2.75) is 32.4 Å². The van der Waals surface area contributed by atoms with Crippen LogP contribution in [-0.2, 0) is 9.53 Å². The smallest absolute Gasteiger partial charge is 0.256 e. The minimum atomic E-state index is -0.493. The van der Waals surface area contributed by atoms with Crippen molar-refractivity contribution in [1.82, 2.24) is 9.80 Å². The van der Waals surface area contributed by atoms with E-state index in [0.717, 1.165) is 31.7 Å². The molecular formula is C17H26N2O2. The summed E-state index contributed by atoms with van der Waals surface area (Å²) in [6.45, 7) is 10.0. The summed E-state index contributed by atoms with van der Waals surface area (Å²) in [4.78, 5) is 17.0. The van der Waals surface area contributed by atoms with Gasteiger partial charge in [-0.15, -0.1) is 0 Å². The molecule has 4 nitrogen and oxygen atoms in total. The molecule has 116 valence electrons. The second-order valence-corrected chi connectivity index (χ2v) is 6.51. The van der Waals surface area contributed by atoms with Crippen molar-refractivity contribution in [2.75, 3.05) is 33.3 Å². The van der Waals surface area contributed by atoms with E-state index in [1.54, 1.807) is 7.11 Å². The fourth-order valence-corrected chi connectivity index (χ4v) is 2.77. The van der Waals surface area contributed by atoms with Gasteiger partial charge in [0.15, 0.2) is 6.10 Å². The number of rotatable bonds is 3. The highest BCUT2D eigenvalue weighted by Crippen LogP contribution is 2.22. The molecule has 1 amide bonds. The largest absolute Gasteiger partial charge is 0.367 e. The first kappa shape index (κ1) is 16.0. The second-order valence-electron chi connectivity index (χ2n) is 6.51. The molecule has 1 atom stereocenters. The van der Waals surface area contributed by atoms with Gasteiger partial charge in [-0.05, 0) is 26.3 Å². The maximum Gasteiger partial charge on any atom is 0.256 e. The summed E-state index contributed by atoms with van der Waals surface area (Å²) in [6.07, 6.45) is -0.493. The van der Waals surface area contributed by atoms with Crippen LogP contribution in [-0.4, -0.2) is 54.5 Å². The van der Waals surface area contributed by atoms with Crippen molar-refractivity contribution < 1.29 is 9.53 Å². The van der Waals surface area contributed by atoms with E-state index < -0.39 is 6.10 Å². The third-order valence-electron chi connectivity index (χ3n) is 4.10. The zero-order chi connectivity index (χ0) is 15.5. The number of amides is 1. The van der Waals surface area contributed by atoms with Gasteiger partial charge in [0.2, 0.25) is 0 Å². The van der Waals surface area contributed by atoms with Crippen LogP contribution >= 0.6 is 0 Å². The van der Waals surface area contributed by atoms with Gasteiger partial charge < -0.3 is 9.64 Å². The average Bonchev–Trinajstić information content (AvgIpc) is 2.48. The minimum Gasteiger partial charge on any atom is -0.367 e. The lowest BCUT2D eigenvalue weighted by Crippen LogP contribution is -2.55. The van der Waals surface area contributed by atoms with Gasteiger partial charge in [0, 0.05) is 38.8 Å². The van der Waals surface area contributed by atoms with E-state index in [2.05, 4.69) is 25.7 Å². The van der Waals surface area contributed by atoms with Gasteiger partial charge in [0.1, 0.15) is 0 Å². The van der Waals surface area contributed by atoms with Crippen LogP contribution in [0.15, 0.2) is 30.3 Å². The monoisotopic (exact) mass is 290 g/mol. The van der Waals surface area contributed by atoms with Crippen molar-refractivity contribution >= 4 is 5.91 Å². The lowest BCUT2D eigenvalue weighted by Gasteiger charge is -2.42. The molecule has 4 heteroatoms. The summed E-state index contributed by atoms with van der Waals surface area (Å²) in [7, 11) is 1.60. The molecular weight excluding hydrogens is 264 g/mol. The van der Waals surface area contributed by atoms with Crippen LogP contribution in [0.25, 0.3) is 0 Å². The van der Waals surface area contributed by atoms with Gasteiger partial charge in [-0.2, -0.15) is 0 Å². The molecule has 0 N–H and O–H groups in total. The molecule has 1 fully saturated rings. The predicted octanol–water partition coefficient (Wildman–Crippen LogP) is 2.32. The van der Waals surface area contributed by atoms with Crippen LogP contribution in [0.5, 0.6) is 0 Å². The van der Waals surface area contributed by atoms with Crippen LogP contribution in [0.3, 0.4) is 0 Å². The molecule has 0 radical (unpaired) electrons. The number of hydrogen-bond acceptors (Lipinski definition) is 3. The van der Waals surface area contributed by atoms with Crippen molar-refractivity contribution in [3.63, 3.8) is 0 Å². The lowest BCUT2D eigenvalue weighted by atomic mass is 10.0. The summed E-state index contributed by atoms with van der Waals surface area (Å²) in [5, 5.41) is 0. The maximum absolute atomic E-state index is 12.7. The Kier molecular flexibility index (Phi) is 5.01. The molecule has 0 bridgehead atoms. The standard InChI is InChI=1S/C17H26N2O2/c1-17(2,3)19-12-10-18(11-13-19)16(20)15(21-4)14-8-6-5-7-9-14/h5-9,15H,10-13H2,1-4H3. The summed E-state index contributed by atoms with van der Waals surface area (Å²) < 4.78 is 5.44. The molecule has 1 unspecified atom stereocenters. The molecule has 0 saturated carbocycles. The first-order valence-electron chi connectivity index (χ1n) is 7.55. The van der Waals surface area contributed by atoms with Crippen molar-refractivity contribution in [3.05, 3.63) is 35.9 Å². The van der Waals surface area contributed by atoms with Gasteiger partial charge in [-0.3, -0.25) is 9.69 Å². The fourth-order valence-electron chi connectivity index (χ4n) is 2.77. The maximum atomic E-state index is 12.7. The highest BCUT2D eigenvalue weighted by atomic mass is 16.5. The van der Waals surface area contributed by atoms with Gasteiger partial charge in [0.25, 0.3) is 5.91 Å². The topological polar surface area (TPSA) is 32.8 Å². The summed E-state index contributed by atoms with van der Waals surface area (Å²) in [5.41, 5.74) is 1.08. The Labute approximate surface area is 127 Å². The van der Waals surface area contributed by atoms with Crippen LogP contribution < -0.4 is 0 Å². The molecule has 1 heterocycles. The Balaban J connectivity index is 2.01. The van der Waals surface area contributed by atoms with Gasteiger partial charge >= 0.3 is 0 Å². The molecule has 1 aromatic rings. The van der Waals surface area contributed by atoms with Gasteiger partial charge in [0.05, 0.1) is 0 Å². The Morgan fingerprint density at radius 1 is 1.10 bits per heavy atom. The van der Waals surface area contributed by atoms with E-state index >= 15 is 0 Å². The normalized spacial score (nSPS) is 18.6. The zero-order valence-corrected chi connectivity index (χ0v) is 13.5. The molecule has 0 aromatic heterocycles. The van der Waals surface area contributed by atoms with Crippen LogP contribution in [0.2, 0.25) is 0 Å². The number of benzene rings is 1. The number of hydrogen-bond donors (Lipinski definition) is 0. The Morgan fingerprint density at radius 3 is 2.14 bits per heavy atom. The fraction of sp³-hybridized carbons (Fsp3) is 0.588. The first-order chi connectivity index (χ1) is 9.93. The number of carbonyl (C=O) groups is 1. The quantitative estimate of drug-likeness (QED) is 0.856. The first-order valence-corrected chi connectivity index (χ1v) is 7.55. The van der Waals surface area contributed by atoms with Crippen LogP contribution in [0.1, 0.15) is 32.4 Å². The average molecular weight is 290 g/mol. The Bertz CT molecular complexity index is 459. The van der Waals surface area contributed by atoms with E-state index in [4.69, 9.17) is 4.74 Å². The molecule has 1 aliphatic rings. The van der Waals surface area contributed by atoms with Crippen molar-refractivity contribution in [3.8, 4) is 0 Å². The molecule has 0 spiro atoms. The van der Waals surface area contributed by atoms with Gasteiger partial charge in [-0.25, -0.2) is 0 Å². The number of carbonyl (C=O) groups excluding carboxylic acids is 1. The second kappa shape index (κ2) is 6.58. The number of piperazine rings is 1. The van der Waals surface area contributed by atoms with E-state index in [0.29, 0.717) is 0 Å². The number of nitrogens with zero attached hydrogens (tertiary/aromatic N) is 2. The zero-order valence-electron chi connectivity index (χ0n) is 13.5. The molecule has 1 aromatic carbocycles. The van der Waals surface area contributed by atoms with E-state index in [-0.39, 0.29) is 11.4 Å². The third kappa shape index (κ3) is 3.83. The van der Waals surface area contributed by atoms with Crippen molar-refractivity contribution in [2.24, 2.45) is 0 Å². The predicted molar refractivity (Wildman–Crippen MR) is 84.1 cm³/mol. The third-order valence-corrected chi connectivity index (χ3v) is 4.10. The lowest BCUT2D eigenvalue weighted by molar-refractivity contribution is -0.145. The molecule has 21 heavy (non-hydrogen) atoms. The Morgan fingerprint density at radius 2 is 1.67 bits per heavy atom. The van der Waals surface area contributed by atoms with E-state index in [1.807, 2.05) is 35.2 Å². The van der Waals surface area contributed by atoms with Crippen molar-refractivity contribution in [1.29, 1.82) is 0 Å². The summed E-state index contributed by atoms with van der Waals surface area (Å²) >= 11 is 0. The number of methoxy groups -OCH3 is 1.